The van der Waals surface area contributed by atoms with Crippen molar-refractivity contribution < 1.29 is 14.3 Å². The van der Waals surface area contributed by atoms with Gasteiger partial charge in [0.25, 0.3) is 11.9 Å². The van der Waals surface area contributed by atoms with Gasteiger partial charge in [-0.1, -0.05) is 12.1 Å². The maximum Gasteiger partial charge on any atom is 0.282 e. The van der Waals surface area contributed by atoms with Crippen molar-refractivity contribution in [3.8, 4) is 5.88 Å². The fraction of sp³-hybridized carbons (Fsp3) is 0.333. The van der Waals surface area contributed by atoms with Gasteiger partial charge in [0, 0.05) is 5.69 Å². The van der Waals surface area contributed by atoms with E-state index in [9.17, 15) is 4.79 Å². The van der Waals surface area contributed by atoms with Crippen LogP contribution in [0.25, 0.3) is 0 Å². The molecule has 3 N–H and O–H groups in total. The molecule has 0 saturated carbocycles. The Balaban J connectivity index is 1.52. The molecule has 0 saturated heterocycles. The molecule has 26 heavy (non-hydrogen) atoms. The highest BCUT2D eigenvalue weighted by Crippen LogP contribution is 2.15. The Labute approximate surface area is 151 Å². The number of aryl methyl sites for hydroxylation is 1. The monoisotopic (exact) mass is 355 g/mol. The van der Waals surface area contributed by atoms with Crippen LogP contribution in [-0.2, 0) is 11.2 Å². The minimum atomic E-state index is -0.318. The number of aromatic nitrogens is 2. The standard InChI is InChI=1S/C18H21N5O3/c1-2-25-16-10-20-15(9-21-16)17(24)22-13-6-3-12(4-7-13)5-8-14-11-26-18(19)23-14/h3-4,6-7,9-10,14H,2,5,8,11H2,1H3,(H2,19,23)(H,22,24)/t14-/m0/s1. The first-order valence-corrected chi connectivity index (χ1v) is 8.45. The average molecular weight is 355 g/mol. The van der Waals surface area contributed by atoms with Crippen LogP contribution in [0.2, 0.25) is 0 Å². The lowest BCUT2D eigenvalue weighted by Gasteiger charge is -2.08. The minimum absolute atomic E-state index is 0.118. The van der Waals surface area contributed by atoms with Crippen molar-refractivity contribution in [2.75, 3.05) is 18.5 Å². The molecular weight excluding hydrogens is 334 g/mol. The van der Waals surface area contributed by atoms with E-state index in [0.29, 0.717) is 24.8 Å². The van der Waals surface area contributed by atoms with Gasteiger partial charge in [0.15, 0.2) is 0 Å². The van der Waals surface area contributed by atoms with E-state index >= 15 is 0 Å². The third-order valence-corrected chi connectivity index (χ3v) is 3.86. The maximum absolute atomic E-state index is 12.2. The lowest BCUT2D eigenvalue weighted by atomic mass is 10.1. The number of rotatable bonds is 7. The Morgan fingerprint density at radius 1 is 1.31 bits per heavy atom. The number of amides is 1. The van der Waals surface area contributed by atoms with Crippen LogP contribution < -0.4 is 15.8 Å². The number of anilines is 1. The molecule has 1 aliphatic heterocycles. The van der Waals surface area contributed by atoms with Crippen LogP contribution in [0.1, 0.15) is 29.4 Å². The Hall–Kier alpha value is -3.16. The fourth-order valence-electron chi connectivity index (χ4n) is 2.52. The number of nitrogens with one attached hydrogen (secondary N) is 1. The molecule has 1 aromatic carbocycles. The zero-order chi connectivity index (χ0) is 18.4. The summed E-state index contributed by atoms with van der Waals surface area (Å²) in [6, 6.07) is 8.05. The maximum atomic E-state index is 12.2. The zero-order valence-corrected chi connectivity index (χ0v) is 14.5. The van der Waals surface area contributed by atoms with E-state index in [0.717, 1.165) is 18.4 Å². The van der Waals surface area contributed by atoms with Crippen LogP contribution in [0.15, 0.2) is 41.7 Å². The summed E-state index contributed by atoms with van der Waals surface area (Å²) in [5.41, 5.74) is 7.59. The van der Waals surface area contributed by atoms with Gasteiger partial charge in [-0.3, -0.25) is 4.79 Å². The predicted octanol–water partition coefficient (Wildman–Crippen LogP) is 1.77. The highest BCUT2D eigenvalue weighted by Gasteiger charge is 2.16. The summed E-state index contributed by atoms with van der Waals surface area (Å²) in [6.45, 7) is 2.90. The second kappa shape index (κ2) is 8.28. The number of hydrogen-bond donors (Lipinski definition) is 2. The van der Waals surface area contributed by atoms with Crippen molar-refractivity contribution in [1.82, 2.24) is 9.97 Å². The third-order valence-electron chi connectivity index (χ3n) is 3.86. The number of aliphatic imine (C=N–C) groups is 1. The van der Waals surface area contributed by atoms with Crippen molar-refractivity contribution in [2.45, 2.75) is 25.8 Å². The number of hydrogen-bond acceptors (Lipinski definition) is 7. The number of ether oxygens (including phenoxy) is 2. The molecule has 1 aromatic heterocycles. The summed E-state index contributed by atoms with van der Waals surface area (Å²) < 4.78 is 10.4. The van der Waals surface area contributed by atoms with Gasteiger partial charge in [-0.25, -0.2) is 15.0 Å². The molecule has 0 bridgehead atoms. The number of amidine groups is 1. The van der Waals surface area contributed by atoms with Crippen LogP contribution in [0.4, 0.5) is 5.69 Å². The average Bonchev–Trinajstić information content (AvgIpc) is 3.07. The first kappa shape index (κ1) is 17.7. The van der Waals surface area contributed by atoms with Gasteiger partial charge in [0.1, 0.15) is 12.3 Å². The van der Waals surface area contributed by atoms with E-state index in [1.165, 1.54) is 12.4 Å². The Morgan fingerprint density at radius 3 is 2.73 bits per heavy atom. The molecular formula is C18H21N5O3. The van der Waals surface area contributed by atoms with Gasteiger partial charge in [0.2, 0.25) is 5.88 Å². The highest BCUT2D eigenvalue weighted by atomic mass is 16.5. The largest absolute Gasteiger partial charge is 0.477 e. The second-order valence-electron chi connectivity index (χ2n) is 5.79. The molecule has 2 aromatic rings. The normalized spacial score (nSPS) is 15.9. The van der Waals surface area contributed by atoms with Crippen molar-refractivity contribution in [3.05, 3.63) is 47.9 Å². The van der Waals surface area contributed by atoms with Crippen molar-refractivity contribution >= 4 is 17.6 Å². The van der Waals surface area contributed by atoms with Gasteiger partial charge in [0.05, 0.1) is 25.0 Å². The van der Waals surface area contributed by atoms with E-state index in [4.69, 9.17) is 15.2 Å². The molecule has 0 aliphatic carbocycles. The summed E-state index contributed by atoms with van der Waals surface area (Å²) in [5, 5.41) is 2.80. The van der Waals surface area contributed by atoms with Gasteiger partial charge < -0.3 is 20.5 Å². The number of benzene rings is 1. The molecule has 8 heteroatoms. The van der Waals surface area contributed by atoms with Gasteiger partial charge in [-0.05, 0) is 37.5 Å². The van der Waals surface area contributed by atoms with E-state index in [1.807, 2.05) is 31.2 Å². The van der Waals surface area contributed by atoms with Crippen LogP contribution >= 0.6 is 0 Å². The Bertz CT molecular complexity index is 774. The van der Waals surface area contributed by atoms with E-state index < -0.39 is 0 Å². The van der Waals surface area contributed by atoms with Gasteiger partial charge in [-0.2, -0.15) is 0 Å². The molecule has 1 aliphatic rings. The van der Waals surface area contributed by atoms with Crippen molar-refractivity contribution in [1.29, 1.82) is 0 Å². The lowest BCUT2D eigenvalue weighted by molar-refractivity contribution is 0.102. The van der Waals surface area contributed by atoms with Crippen molar-refractivity contribution in [2.24, 2.45) is 10.7 Å². The van der Waals surface area contributed by atoms with Crippen LogP contribution in [-0.4, -0.2) is 41.2 Å². The van der Waals surface area contributed by atoms with Gasteiger partial charge >= 0.3 is 0 Å². The zero-order valence-electron chi connectivity index (χ0n) is 14.5. The number of carbonyl (C=O) groups excluding carboxylic acids is 1. The molecule has 1 amide bonds. The predicted molar refractivity (Wildman–Crippen MR) is 97.3 cm³/mol. The van der Waals surface area contributed by atoms with Gasteiger partial charge in [-0.15, -0.1) is 0 Å². The number of nitrogens with two attached hydrogens (primary N) is 1. The van der Waals surface area contributed by atoms with E-state index in [-0.39, 0.29) is 23.7 Å². The minimum Gasteiger partial charge on any atom is -0.477 e. The summed E-state index contributed by atoms with van der Waals surface area (Å²) in [6.07, 6.45) is 4.56. The van der Waals surface area contributed by atoms with Crippen LogP contribution in [0.3, 0.4) is 0 Å². The SMILES string of the molecule is CCOc1cnc(C(=O)Nc2ccc(CC[C@H]3COC(N)=N3)cc2)cn1. The third kappa shape index (κ3) is 4.69. The molecule has 0 spiro atoms. The summed E-state index contributed by atoms with van der Waals surface area (Å²) >= 11 is 0. The summed E-state index contributed by atoms with van der Waals surface area (Å²) in [7, 11) is 0. The second-order valence-corrected chi connectivity index (χ2v) is 5.79. The van der Waals surface area contributed by atoms with E-state index in [2.05, 4.69) is 20.3 Å². The smallest absolute Gasteiger partial charge is 0.282 e. The quantitative estimate of drug-likeness (QED) is 0.783. The summed E-state index contributed by atoms with van der Waals surface area (Å²) in [4.78, 5) is 24.5. The molecule has 2 heterocycles. The van der Waals surface area contributed by atoms with E-state index in [1.54, 1.807) is 0 Å². The first-order chi connectivity index (χ1) is 12.6. The fourth-order valence-corrected chi connectivity index (χ4v) is 2.52. The molecule has 8 nitrogen and oxygen atoms in total. The number of carbonyl (C=O) groups is 1. The molecule has 0 fully saturated rings. The lowest BCUT2D eigenvalue weighted by Crippen LogP contribution is -2.14. The molecule has 3 rings (SSSR count). The topological polar surface area (TPSA) is 112 Å². The highest BCUT2D eigenvalue weighted by molar-refractivity contribution is 6.02. The van der Waals surface area contributed by atoms with Crippen LogP contribution in [0.5, 0.6) is 5.88 Å². The first-order valence-electron chi connectivity index (χ1n) is 8.45. The number of nitrogens with zero attached hydrogens (tertiary/aromatic N) is 3. The molecule has 1 atom stereocenters. The Morgan fingerprint density at radius 2 is 2.12 bits per heavy atom. The van der Waals surface area contributed by atoms with Crippen LogP contribution in [0, 0.1) is 0 Å². The molecule has 0 unspecified atom stereocenters. The molecule has 136 valence electrons. The van der Waals surface area contributed by atoms with Crippen molar-refractivity contribution in [3.63, 3.8) is 0 Å². The summed E-state index contributed by atoms with van der Waals surface area (Å²) in [5.74, 6) is 0.0772. The molecule has 0 radical (unpaired) electrons. The Kier molecular flexibility index (Phi) is 5.62.